The third-order valence-electron chi connectivity index (χ3n) is 4.54. The highest BCUT2D eigenvalue weighted by atomic mass is 16.6. The summed E-state index contributed by atoms with van der Waals surface area (Å²) in [4.78, 5) is 12.8. The van der Waals surface area contributed by atoms with E-state index >= 15 is 0 Å². The van der Waals surface area contributed by atoms with Crippen LogP contribution < -0.4 is 5.32 Å². The Labute approximate surface area is 132 Å². The Bertz CT molecular complexity index is 729. The number of aliphatic hydroxyl groups excluding tert-OH is 2. The lowest BCUT2D eigenvalue weighted by Crippen LogP contribution is -2.46. The zero-order valence-electron chi connectivity index (χ0n) is 12.6. The molecular formula is C14H19N5O4. The first-order valence-corrected chi connectivity index (χ1v) is 7.63. The predicted molar refractivity (Wildman–Crippen MR) is 79.6 cm³/mol. The van der Waals surface area contributed by atoms with Gasteiger partial charge in [0.2, 0.25) is 0 Å². The van der Waals surface area contributed by atoms with E-state index < -0.39 is 30.6 Å². The molecule has 9 heteroatoms. The number of imidazole rings is 1. The van der Waals surface area contributed by atoms with E-state index in [0.29, 0.717) is 23.0 Å². The molecule has 0 bridgehead atoms. The smallest absolute Gasteiger partial charge is 0.167 e. The monoisotopic (exact) mass is 321 g/mol. The van der Waals surface area contributed by atoms with Crippen molar-refractivity contribution in [2.75, 3.05) is 11.9 Å². The standard InChI is InChI=1S/C14H19N5O4/c1-14(22)8(4-20)23-13(10(14)21)19-6-17-9-11(18-7-2-3-7)15-5-16-12(9)19/h5-8,10,13,20-22H,2-4H2,1H3,(H,15,16,18)/t8-,10+,13?,14-/m1/s1. The zero-order valence-corrected chi connectivity index (χ0v) is 12.6. The number of anilines is 1. The number of hydrogen-bond donors (Lipinski definition) is 4. The van der Waals surface area contributed by atoms with Gasteiger partial charge in [0.1, 0.15) is 24.1 Å². The summed E-state index contributed by atoms with van der Waals surface area (Å²) in [6.45, 7) is 1.05. The maximum atomic E-state index is 10.4. The van der Waals surface area contributed by atoms with Crippen molar-refractivity contribution in [1.29, 1.82) is 0 Å². The quantitative estimate of drug-likeness (QED) is 0.588. The molecule has 1 saturated carbocycles. The number of nitrogens with zero attached hydrogens (tertiary/aromatic N) is 4. The average molecular weight is 321 g/mol. The number of hydrogen-bond acceptors (Lipinski definition) is 8. The van der Waals surface area contributed by atoms with Crippen LogP contribution >= 0.6 is 0 Å². The molecule has 0 spiro atoms. The van der Waals surface area contributed by atoms with Crippen LogP contribution in [0.1, 0.15) is 26.0 Å². The number of fused-ring (bicyclic) bond motifs is 1. The summed E-state index contributed by atoms with van der Waals surface area (Å²) in [5, 5.41) is 33.3. The Morgan fingerprint density at radius 3 is 2.83 bits per heavy atom. The van der Waals surface area contributed by atoms with E-state index in [2.05, 4.69) is 20.3 Å². The first kappa shape index (κ1) is 14.8. The van der Waals surface area contributed by atoms with E-state index in [-0.39, 0.29) is 0 Å². The second kappa shape index (κ2) is 5.10. The van der Waals surface area contributed by atoms with Crippen LogP contribution in [0, 0.1) is 0 Å². The second-order valence-electron chi connectivity index (χ2n) is 6.33. The molecule has 0 amide bonds. The highest BCUT2D eigenvalue weighted by Gasteiger charge is 2.52. The van der Waals surface area contributed by atoms with Crippen LogP contribution in [0.5, 0.6) is 0 Å². The molecule has 0 aromatic carbocycles. The summed E-state index contributed by atoms with van der Waals surface area (Å²) >= 11 is 0. The van der Waals surface area contributed by atoms with Gasteiger partial charge in [0, 0.05) is 6.04 Å². The van der Waals surface area contributed by atoms with E-state index in [0.717, 1.165) is 12.8 Å². The summed E-state index contributed by atoms with van der Waals surface area (Å²) < 4.78 is 7.18. The molecule has 4 N–H and O–H groups in total. The minimum absolute atomic E-state index is 0.392. The van der Waals surface area contributed by atoms with Crippen molar-refractivity contribution < 1.29 is 20.1 Å². The molecule has 9 nitrogen and oxygen atoms in total. The first-order valence-electron chi connectivity index (χ1n) is 7.63. The fourth-order valence-electron chi connectivity index (χ4n) is 2.87. The van der Waals surface area contributed by atoms with Gasteiger partial charge < -0.3 is 25.4 Å². The van der Waals surface area contributed by atoms with E-state index in [1.807, 2.05) is 0 Å². The minimum atomic E-state index is -1.56. The maximum Gasteiger partial charge on any atom is 0.167 e. The zero-order chi connectivity index (χ0) is 16.2. The lowest BCUT2D eigenvalue weighted by atomic mass is 9.95. The molecule has 1 saturated heterocycles. The lowest BCUT2D eigenvalue weighted by Gasteiger charge is -2.25. The number of rotatable bonds is 4. The molecule has 2 fully saturated rings. The number of aliphatic hydroxyl groups is 3. The van der Waals surface area contributed by atoms with Crippen molar-refractivity contribution in [2.45, 2.75) is 49.8 Å². The van der Waals surface area contributed by atoms with Gasteiger partial charge in [-0.05, 0) is 19.8 Å². The van der Waals surface area contributed by atoms with Gasteiger partial charge >= 0.3 is 0 Å². The van der Waals surface area contributed by atoms with Crippen LogP contribution in [0.25, 0.3) is 11.2 Å². The van der Waals surface area contributed by atoms with Gasteiger partial charge in [0.25, 0.3) is 0 Å². The number of nitrogens with one attached hydrogen (secondary N) is 1. The van der Waals surface area contributed by atoms with E-state index in [4.69, 9.17) is 4.74 Å². The Morgan fingerprint density at radius 2 is 2.17 bits per heavy atom. The Morgan fingerprint density at radius 1 is 1.39 bits per heavy atom. The molecule has 2 aromatic rings. The summed E-state index contributed by atoms with van der Waals surface area (Å²) in [6, 6.07) is 0.422. The maximum absolute atomic E-state index is 10.4. The molecule has 1 unspecified atom stereocenters. The molecule has 2 aliphatic rings. The summed E-state index contributed by atoms with van der Waals surface area (Å²) in [6.07, 6.45) is 2.17. The fraction of sp³-hybridized carbons (Fsp3) is 0.643. The van der Waals surface area contributed by atoms with Crippen molar-refractivity contribution in [3.8, 4) is 0 Å². The van der Waals surface area contributed by atoms with Crippen molar-refractivity contribution in [1.82, 2.24) is 19.5 Å². The van der Waals surface area contributed by atoms with Gasteiger partial charge in [-0.25, -0.2) is 15.0 Å². The van der Waals surface area contributed by atoms with Gasteiger partial charge in [-0.15, -0.1) is 0 Å². The van der Waals surface area contributed by atoms with E-state index in [9.17, 15) is 15.3 Å². The van der Waals surface area contributed by atoms with Gasteiger partial charge in [-0.1, -0.05) is 0 Å². The topological polar surface area (TPSA) is 126 Å². The molecule has 4 rings (SSSR count). The second-order valence-corrected chi connectivity index (χ2v) is 6.33. The number of ether oxygens (including phenoxy) is 1. The molecule has 2 aromatic heterocycles. The van der Waals surface area contributed by atoms with Crippen molar-refractivity contribution >= 4 is 17.0 Å². The van der Waals surface area contributed by atoms with Gasteiger partial charge in [0.05, 0.1) is 12.9 Å². The number of aromatic nitrogens is 4. The molecule has 0 radical (unpaired) electrons. The average Bonchev–Trinajstić information content (AvgIpc) is 3.19. The Hall–Kier alpha value is -1.81. The molecule has 3 heterocycles. The molecule has 1 aliphatic carbocycles. The Balaban J connectivity index is 1.72. The van der Waals surface area contributed by atoms with Crippen LogP contribution in [0.4, 0.5) is 5.82 Å². The SMILES string of the molecule is C[C@@]1(O)[C@@H](CO)OC(n2cnc3c(NC4CC4)ncnc32)[C@@H]1O. The van der Waals surface area contributed by atoms with Crippen molar-refractivity contribution in [3.63, 3.8) is 0 Å². The van der Waals surface area contributed by atoms with Gasteiger partial charge in [-0.2, -0.15) is 0 Å². The highest BCUT2D eigenvalue weighted by molar-refractivity contribution is 5.83. The largest absolute Gasteiger partial charge is 0.394 e. The first-order chi connectivity index (χ1) is 11.0. The lowest BCUT2D eigenvalue weighted by molar-refractivity contribution is -0.0804. The van der Waals surface area contributed by atoms with Crippen LogP contribution in [0.15, 0.2) is 12.7 Å². The van der Waals surface area contributed by atoms with Crippen LogP contribution in [-0.2, 0) is 4.74 Å². The molecule has 124 valence electrons. The highest BCUT2D eigenvalue weighted by Crippen LogP contribution is 2.38. The Kier molecular flexibility index (Phi) is 3.27. The third kappa shape index (κ3) is 2.27. The minimum Gasteiger partial charge on any atom is -0.394 e. The van der Waals surface area contributed by atoms with Crippen LogP contribution in [-0.4, -0.2) is 65.3 Å². The van der Waals surface area contributed by atoms with Crippen molar-refractivity contribution in [3.05, 3.63) is 12.7 Å². The molecular weight excluding hydrogens is 302 g/mol. The van der Waals surface area contributed by atoms with Gasteiger partial charge in [0.15, 0.2) is 23.2 Å². The summed E-state index contributed by atoms with van der Waals surface area (Å²) in [5.74, 6) is 0.647. The third-order valence-corrected chi connectivity index (χ3v) is 4.54. The predicted octanol–water partition coefficient (Wildman–Crippen LogP) is -0.598. The molecule has 23 heavy (non-hydrogen) atoms. The normalized spacial score (nSPS) is 34.2. The van der Waals surface area contributed by atoms with Gasteiger partial charge in [-0.3, -0.25) is 4.57 Å². The summed E-state index contributed by atoms with van der Waals surface area (Å²) in [5.41, 5.74) is -0.470. The van der Waals surface area contributed by atoms with E-state index in [1.165, 1.54) is 19.6 Å². The summed E-state index contributed by atoms with van der Waals surface area (Å²) in [7, 11) is 0. The molecule has 1 aliphatic heterocycles. The van der Waals surface area contributed by atoms with Crippen LogP contribution in [0.2, 0.25) is 0 Å². The van der Waals surface area contributed by atoms with E-state index in [1.54, 1.807) is 4.57 Å². The fourth-order valence-corrected chi connectivity index (χ4v) is 2.87. The van der Waals surface area contributed by atoms with Crippen molar-refractivity contribution in [2.24, 2.45) is 0 Å². The molecule has 4 atom stereocenters. The van der Waals surface area contributed by atoms with Crippen LogP contribution in [0.3, 0.4) is 0 Å².